The third-order valence-electron chi connectivity index (χ3n) is 4.89. The lowest BCUT2D eigenvalue weighted by molar-refractivity contribution is 0.0746. The van der Waals surface area contributed by atoms with E-state index < -0.39 is 0 Å². The van der Waals surface area contributed by atoms with Gasteiger partial charge in [0.1, 0.15) is 17.2 Å². The van der Waals surface area contributed by atoms with Gasteiger partial charge in [0.05, 0.1) is 25.6 Å². The Bertz CT molecular complexity index is 977. The Hall–Kier alpha value is -3.28. The lowest BCUT2D eigenvalue weighted by atomic mass is 10.1. The molecule has 0 aliphatic carbocycles. The van der Waals surface area contributed by atoms with Crippen molar-refractivity contribution in [1.29, 1.82) is 0 Å². The second-order valence-corrected chi connectivity index (χ2v) is 7.02. The maximum absolute atomic E-state index is 13.4. The highest BCUT2D eigenvalue weighted by atomic mass is 16.5. The molecule has 0 unspecified atom stereocenters. The summed E-state index contributed by atoms with van der Waals surface area (Å²) in [6, 6.07) is 17.1. The van der Waals surface area contributed by atoms with E-state index >= 15 is 0 Å². The predicted octanol–water partition coefficient (Wildman–Crippen LogP) is 4.82. The number of nitrogens with zero attached hydrogens (tertiary/aromatic N) is 3. The number of amides is 1. The van der Waals surface area contributed by atoms with Gasteiger partial charge in [-0.2, -0.15) is 5.10 Å². The van der Waals surface area contributed by atoms with Crippen LogP contribution in [0.5, 0.6) is 11.5 Å². The van der Waals surface area contributed by atoms with E-state index in [-0.39, 0.29) is 5.91 Å². The first-order chi connectivity index (χ1) is 14.6. The van der Waals surface area contributed by atoms with Crippen LogP contribution in [0, 0.1) is 0 Å². The van der Waals surface area contributed by atoms with Crippen molar-refractivity contribution in [3.63, 3.8) is 0 Å². The molecule has 0 radical (unpaired) electrons. The zero-order valence-corrected chi connectivity index (χ0v) is 18.1. The molecular weight excluding hydrogens is 378 g/mol. The highest BCUT2D eigenvalue weighted by Crippen LogP contribution is 2.33. The molecule has 1 aromatic heterocycles. The number of para-hydroxylation sites is 1. The van der Waals surface area contributed by atoms with E-state index in [2.05, 4.69) is 13.8 Å². The number of methoxy groups -OCH3 is 2. The second kappa shape index (κ2) is 9.96. The molecule has 0 atom stereocenters. The molecule has 6 heteroatoms. The zero-order chi connectivity index (χ0) is 21.5. The fourth-order valence-electron chi connectivity index (χ4n) is 3.46. The molecule has 0 spiro atoms. The number of ether oxygens (including phenoxy) is 2. The van der Waals surface area contributed by atoms with Crippen LogP contribution >= 0.6 is 0 Å². The van der Waals surface area contributed by atoms with Gasteiger partial charge in [0.2, 0.25) is 0 Å². The second-order valence-electron chi connectivity index (χ2n) is 7.02. The van der Waals surface area contributed by atoms with Crippen molar-refractivity contribution in [3.05, 3.63) is 60.3 Å². The molecule has 2 aromatic carbocycles. The van der Waals surface area contributed by atoms with E-state index in [1.165, 1.54) is 0 Å². The summed E-state index contributed by atoms with van der Waals surface area (Å²) in [5.41, 5.74) is 2.86. The topological polar surface area (TPSA) is 56.6 Å². The van der Waals surface area contributed by atoms with E-state index in [4.69, 9.17) is 14.6 Å². The van der Waals surface area contributed by atoms with Crippen LogP contribution in [0.2, 0.25) is 0 Å². The number of hydrogen-bond donors (Lipinski definition) is 0. The molecule has 3 rings (SSSR count). The number of carbonyl (C=O) groups is 1. The van der Waals surface area contributed by atoms with Crippen LogP contribution in [-0.4, -0.2) is 47.9 Å². The van der Waals surface area contributed by atoms with Gasteiger partial charge in [-0.1, -0.05) is 32.0 Å². The van der Waals surface area contributed by atoms with Crippen molar-refractivity contribution in [3.8, 4) is 28.4 Å². The van der Waals surface area contributed by atoms with Crippen LogP contribution < -0.4 is 9.47 Å². The Labute approximate surface area is 178 Å². The minimum absolute atomic E-state index is 0.0196. The Morgan fingerprint density at radius 2 is 1.67 bits per heavy atom. The molecule has 0 bridgehead atoms. The molecule has 0 aliphatic heterocycles. The van der Waals surface area contributed by atoms with Gasteiger partial charge in [-0.3, -0.25) is 4.79 Å². The third-order valence-corrected chi connectivity index (χ3v) is 4.89. The van der Waals surface area contributed by atoms with Gasteiger partial charge in [-0.05, 0) is 43.2 Å². The van der Waals surface area contributed by atoms with Gasteiger partial charge >= 0.3 is 0 Å². The summed E-state index contributed by atoms with van der Waals surface area (Å²) in [6.07, 6.45) is 1.81. The van der Waals surface area contributed by atoms with Crippen LogP contribution in [0.1, 0.15) is 37.2 Å². The Kier molecular flexibility index (Phi) is 7.12. The molecule has 1 heterocycles. The van der Waals surface area contributed by atoms with Crippen molar-refractivity contribution in [2.24, 2.45) is 0 Å². The molecule has 1 amide bonds. The van der Waals surface area contributed by atoms with E-state index in [1.807, 2.05) is 59.5 Å². The van der Waals surface area contributed by atoms with E-state index in [1.54, 1.807) is 18.9 Å². The maximum atomic E-state index is 13.4. The van der Waals surface area contributed by atoms with Crippen molar-refractivity contribution in [2.45, 2.75) is 26.7 Å². The highest BCUT2D eigenvalue weighted by molar-refractivity contribution is 5.94. The molecule has 0 N–H and O–H groups in total. The molecule has 6 nitrogen and oxygen atoms in total. The lowest BCUT2D eigenvalue weighted by Gasteiger charge is -2.21. The normalized spacial score (nSPS) is 10.7. The molecule has 0 aliphatic rings. The van der Waals surface area contributed by atoms with E-state index in [0.29, 0.717) is 36.0 Å². The van der Waals surface area contributed by atoms with Gasteiger partial charge < -0.3 is 14.4 Å². The number of hydrogen-bond acceptors (Lipinski definition) is 4. The van der Waals surface area contributed by atoms with Gasteiger partial charge in [0.25, 0.3) is 5.91 Å². The minimum Gasteiger partial charge on any atom is -0.497 e. The lowest BCUT2D eigenvalue weighted by Crippen LogP contribution is -2.33. The summed E-state index contributed by atoms with van der Waals surface area (Å²) in [7, 11) is 3.23. The summed E-state index contributed by atoms with van der Waals surface area (Å²) < 4.78 is 12.6. The summed E-state index contributed by atoms with van der Waals surface area (Å²) >= 11 is 0. The van der Waals surface area contributed by atoms with Crippen molar-refractivity contribution < 1.29 is 14.3 Å². The van der Waals surface area contributed by atoms with Gasteiger partial charge in [0.15, 0.2) is 0 Å². The zero-order valence-electron chi connectivity index (χ0n) is 18.1. The molecule has 158 valence electrons. The smallest absolute Gasteiger partial charge is 0.272 e. The fourth-order valence-corrected chi connectivity index (χ4v) is 3.46. The van der Waals surface area contributed by atoms with E-state index in [0.717, 1.165) is 24.1 Å². The molecular formula is C24H29N3O3. The van der Waals surface area contributed by atoms with Crippen molar-refractivity contribution in [1.82, 2.24) is 14.7 Å². The SMILES string of the molecule is CCCN(CCC)C(=O)c1cc(-c2ccc(OC)cc2OC)nn1-c1ccccc1. The highest BCUT2D eigenvalue weighted by Gasteiger charge is 2.23. The first-order valence-corrected chi connectivity index (χ1v) is 10.3. The maximum Gasteiger partial charge on any atom is 0.272 e. The average Bonchev–Trinajstić information content (AvgIpc) is 3.23. The summed E-state index contributed by atoms with van der Waals surface area (Å²) in [4.78, 5) is 15.3. The monoisotopic (exact) mass is 407 g/mol. The molecule has 0 saturated carbocycles. The Morgan fingerprint density at radius 1 is 0.967 bits per heavy atom. The Balaban J connectivity index is 2.13. The molecule has 0 fully saturated rings. The standard InChI is InChI=1S/C24H29N3O3/c1-5-14-26(15-6-2)24(28)22-17-21(25-27(22)18-10-8-7-9-11-18)20-13-12-19(29-3)16-23(20)30-4/h7-13,16-17H,5-6,14-15H2,1-4H3. The number of rotatable bonds is 9. The van der Waals surface area contributed by atoms with Crippen LogP contribution in [0.4, 0.5) is 0 Å². The largest absolute Gasteiger partial charge is 0.497 e. The summed E-state index contributed by atoms with van der Waals surface area (Å²) in [5.74, 6) is 1.32. The number of aromatic nitrogens is 2. The molecule has 30 heavy (non-hydrogen) atoms. The number of carbonyl (C=O) groups excluding carboxylic acids is 1. The summed E-state index contributed by atoms with van der Waals surface area (Å²) in [6.45, 7) is 5.60. The molecule has 0 saturated heterocycles. The quantitative estimate of drug-likeness (QED) is 0.510. The predicted molar refractivity (Wildman–Crippen MR) is 119 cm³/mol. The van der Waals surface area contributed by atoms with Gasteiger partial charge in [0, 0.05) is 24.7 Å². The van der Waals surface area contributed by atoms with Crippen LogP contribution in [0.25, 0.3) is 16.9 Å². The third kappa shape index (κ3) is 4.48. The minimum atomic E-state index is -0.0196. The van der Waals surface area contributed by atoms with Crippen LogP contribution in [0.3, 0.4) is 0 Å². The van der Waals surface area contributed by atoms with Gasteiger partial charge in [-0.15, -0.1) is 0 Å². The van der Waals surface area contributed by atoms with Crippen molar-refractivity contribution >= 4 is 5.91 Å². The Morgan fingerprint density at radius 3 is 2.27 bits per heavy atom. The van der Waals surface area contributed by atoms with E-state index in [9.17, 15) is 4.79 Å². The first kappa shape index (κ1) is 21.4. The van der Waals surface area contributed by atoms with Crippen LogP contribution in [0.15, 0.2) is 54.6 Å². The summed E-state index contributed by atoms with van der Waals surface area (Å²) in [5, 5.41) is 4.79. The average molecular weight is 408 g/mol. The molecule has 3 aromatic rings. The fraction of sp³-hybridized carbons (Fsp3) is 0.333. The van der Waals surface area contributed by atoms with Gasteiger partial charge in [-0.25, -0.2) is 4.68 Å². The first-order valence-electron chi connectivity index (χ1n) is 10.3. The van der Waals surface area contributed by atoms with Crippen molar-refractivity contribution in [2.75, 3.05) is 27.3 Å². The number of benzene rings is 2. The van der Waals surface area contributed by atoms with Crippen LogP contribution in [-0.2, 0) is 0 Å².